The third-order valence-electron chi connectivity index (χ3n) is 5.58. The fourth-order valence-corrected chi connectivity index (χ4v) is 5.19. The van der Waals surface area contributed by atoms with E-state index in [-0.39, 0.29) is 11.5 Å². The number of hydrogen-bond donors (Lipinski definition) is 1. The largest absolute Gasteiger partial charge is 0.497 e. The zero-order chi connectivity index (χ0) is 19.0. The SMILES string of the molecule is COc1ccc(CSc2cc(C)c3n(c2=O)C2(CCCCC2)NC3=O)cc1. The van der Waals surface area contributed by atoms with Crippen LogP contribution in [0.2, 0.25) is 0 Å². The van der Waals surface area contributed by atoms with Crippen LogP contribution in [0.3, 0.4) is 0 Å². The predicted octanol–water partition coefficient (Wildman–Crippen LogP) is 3.82. The number of nitrogens with zero attached hydrogens (tertiary/aromatic N) is 1. The lowest BCUT2D eigenvalue weighted by atomic mass is 9.89. The number of aromatic nitrogens is 1. The van der Waals surface area contributed by atoms with Crippen molar-refractivity contribution in [2.75, 3.05) is 7.11 Å². The number of carbonyl (C=O) groups is 1. The molecule has 0 unspecified atom stereocenters. The molecule has 1 amide bonds. The van der Waals surface area contributed by atoms with Crippen molar-refractivity contribution in [3.05, 3.63) is 57.5 Å². The number of thioether (sulfide) groups is 1. The summed E-state index contributed by atoms with van der Waals surface area (Å²) in [7, 11) is 1.65. The van der Waals surface area contributed by atoms with E-state index in [1.54, 1.807) is 11.7 Å². The van der Waals surface area contributed by atoms with Gasteiger partial charge in [0, 0.05) is 5.75 Å². The van der Waals surface area contributed by atoms with Crippen molar-refractivity contribution >= 4 is 17.7 Å². The molecule has 1 aromatic heterocycles. The van der Waals surface area contributed by atoms with Gasteiger partial charge in [0.05, 0.1) is 12.0 Å². The minimum atomic E-state index is -0.525. The Balaban J connectivity index is 1.67. The van der Waals surface area contributed by atoms with Gasteiger partial charge in [0.1, 0.15) is 17.1 Å². The van der Waals surface area contributed by atoms with E-state index in [9.17, 15) is 9.59 Å². The van der Waals surface area contributed by atoms with E-state index in [2.05, 4.69) is 5.32 Å². The number of amides is 1. The van der Waals surface area contributed by atoms with Crippen molar-refractivity contribution in [2.24, 2.45) is 0 Å². The molecule has 27 heavy (non-hydrogen) atoms. The average Bonchev–Trinajstić information content (AvgIpc) is 2.96. The first-order valence-corrected chi connectivity index (χ1v) is 10.4. The van der Waals surface area contributed by atoms with Crippen molar-refractivity contribution in [3.63, 3.8) is 0 Å². The fourth-order valence-electron chi connectivity index (χ4n) is 4.20. The van der Waals surface area contributed by atoms with E-state index in [0.29, 0.717) is 16.3 Å². The Hall–Kier alpha value is -2.21. The van der Waals surface area contributed by atoms with Gasteiger partial charge in [-0.3, -0.25) is 14.2 Å². The number of fused-ring (bicyclic) bond motifs is 2. The maximum atomic E-state index is 13.3. The van der Waals surface area contributed by atoms with Crippen molar-refractivity contribution in [1.82, 2.24) is 9.88 Å². The maximum Gasteiger partial charge on any atom is 0.270 e. The fraction of sp³-hybridized carbons (Fsp3) is 0.429. The summed E-state index contributed by atoms with van der Waals surface area (Å²) in [5.41, 5.74) is 1.96. The molecule has 6 heteroatoms. The van der Waals surface area contributed by atoms with E-state index >= 15 is 0 Å². The van der Waals surface area contributed by atoms with Gasteiger partial charge in [0.25, 0.3) is 11.5 Å². The first-order chi connectivity index (χ1) is 13.0. The molecule has 1 fully saturated rings. The van der Waals surface area contributed by atoms with Crippen LogP contribution in [-0.4, -0.2) is 17.6 Å². The van der Waals surface area contributed by atoms with Gasteiger partial charge in [-0.15, -0.1) is 11.8 Å². The van der Waals surface area contributed by atoms with Gasteiger partial charge < -0.3 is 10.1 Å². The third-order valence-corrected chi connectivity index (χ3v) is 6.66. The standard InChI is InChI=1S/C21H24N2O3S/c1-14-12-17(27-13-15-6-8-16(26-2)9-7-15)20(25)23-18(14)19(24)22-21(23)10-4-3-5-11-21/h6-9,12H,3-5,10-11,13H2,1-2H3,(H,22,24). The molecule has 4 rings (SSSR count). The number of rotatable bonds is 4. The Bertz CT molecular complexity index is 928. The van der Waals surface area contributed by atoms with Crippen LogP contribution in [0, 0.1) is 6.92 Å². The van der Waals surface area contributed by atoms with Crippen LogP contribution >= 0.6 is 11.8 Å². The van der Waals surface area contributed by atoms with Crippen LogP contribution in [-0.2, 0) is 11.4 Å². The molecule has 2 heterocycles. The van der Waals surface area contributed by atoms with Crippen molar-refractivity contribution in [3.8, 4) is 5.75 Å². The highest BCUT2D eigenvalue weighted by Gasteiger charge is 2.45. The minimum absolute atomic E-state index is 0.0469. The molecule has 142 valence electrons. The highest BCUT2D eigenvalue weighted by molar-refractivity contribution is 7.98. The second-order valence-electron chi connectivity index (χ2n) is 7.36. The number of hydrogen-bond acceptors (Lipinski definition) is 4. The average molecular weight is 385 g/mol. The first-order valence-electron chi connectivity index (χ1n) is 9.39. The molecule has 1 spiro atoms. The molecule has 2 aliphatic rings. The van der Waals surface area contributed by atoms with Gasteiger partial charge in [-0.25, -0.2) is 0 Å². The summed E-state index contributed by atoms with van der Waals surface area (Å²) in [6, 6.07) is 9.74. The van der Waals surface area contributed by atoms with Crippen molar-refractivity contribution < 1.29 is 9.53 Å². The minimum Gasteiger partial charge on any atom is -0.497 e. The second kappa shape index (κ2) is 7.08. The summed E-state index contributed by atoms with van der Waals surface area (Å²) in [5, 5.41) is 3.13. The lowest BCUT2D eigenvalue weighted by Gasteiger charge is -2.35. The third kappa shape index (κ3) is 3.16. The number of nitrogens with one attached hydrogen (secondary N) is 1. The molecular formula is C21H24N2O3S. The molecule has 0 saturated heterocycles. The quantitative estimate of drug-likeness (QED) is 0.814. The molecule has 1 aliphatic carbocycles. The Morgan fingerprint density at radius 3 is 2.52 bits per heavy atom. The Morgan fingerprint density at radius 1 is 1.15 bits per heavy atom. The Kier molecular flexibility index (Phi) is 4.76. The number of carbonyl (C=O) groups excluding carboxylic acids is 1. The molecule has 1 N–H and O–H groups in total. The summed E-state index contributed by atoms with van der Waals surface area (Å²) < 4.78 is 6.96. The van der Waals surface area contributed by atoms with Gasteiger partial charge in [0.2, 0.25) is 0 Å². The summed E-state index contributed by atoms with van der Waals surface area (Å²) >= 11 is 1.53. The normalized spacial score (nSPS) is 17.6. The van der Waals surface area contributed by atoms with Crippen LogP contribution < -0.4 is 15.6 Å². The van der Waals surface area contributed by atoms with E-state index in [1.165, 1.54) is 11.8 Å². The summed E-state index contributed by atoms with van der Waals surface area (Å²) in [6.45, 7) is 1.92. The van der Waals surface area contributed by atoms with Crippen molar-refractivity contribution in [1.29, 1.82) is 0 Å². The highest BCUT2D eigenvalue weighted by Crippen LogP contribution is 2.37. The highest BCUT2D eigenvalue weighted by atomic mass is 32.2. The van der Waals surface area contributed by atoms with Gasteiger partial charge >= 0.3 is 0 Å². The van der Waals surface area contributed by atoms with E-state index < -0.39 is 5.66 Å². The molecule has 0 radical (unpaired) electrons. The number of benzene rings is 1. The van der Waals surface area contributed by atoms with Gasteiger partial charge in [0.15, 0.2) is 0 Å². The number of aryl methyl sites for hydroxylation is 1. The zero-order valence-corrected chi connectivity index (χ0v) is 16.5. The lowest BCUT2D eigenvalue weighted by molar-refractivity contribution is 0.0876. The number of pyridine rings is 1. The van der Waals surface area contributed by atoms with Crippen LogP contribution in [0.15, 0.2) is 40.0 Å². The van der Waals surface area contributed by atoms with E-state index in [1.807, 2.05) is 37.3 Å². The molecule has 1 aromatic carbocycles. The van der Waals surface area contributed by atoms with Gasteiger partial charge in [-0.1, -0.05) is 18.6 Å². The van der Waals surface area contributed by atoms with Crippen LogP contribution in [0.1, 0.15) is 53.7 Å². The first kappa shape index (κ1) is 18.2. The maximum absolute atomic E-state index is 13.3. The smallest absolute Gasteiger partial charge is 0.270 e. The summed E-state index contributed by atoms with van der Waals surface area (Å²) in [5.74, 6) is 1.41. The molecule has 1 aliphatic heterocycles. The lowest BCUT2D eigenvalue weighted by Crippen LogP contribution is -2.48. The van der Waals surface area contributed by atoms with Crippen LogP contribution in [0.5, 0.6) is 5.75 Å². The van der Waals surface area contributed by atoms with Crippen LogP contribution in [0.4, 0.5) is 0 Å². The van der Waals surface area contributed by atoms with Gasteiger partial charge in [-0.2, -0.15) is 0 Å². The van der Waals surface area contributed by atoms with Crippen molar-refractivity contribution in [2.45, 2.75) is 55.3 Å². The molecule has 0 atom stereocenters. The topological polar surface area (TPSA) is 60.3 Å². The summed E-state index contributed by atoms with van der Waals surface area (Å²) in [4.78, 5) is 26.6. The van der Waals surface area contributed by atoms with E-state index in [4.69, 9.17) is 4.74 Å². The molecule has 1 saturated carbocycles. The Morgan fingerprint density at radius 2 is 1.85 bits per heavy atom. The monoisotopic (exact) mass is 384 g/mol. The molecule has 0 bridgehead atoms. The summed E-state index contributed by atoms with van der Waals surface area (Å²) in [6.07, 6.45) is 4.89. The van der Waals surface area contributed by atoms with E-state index in [0.717, 1.165) is 49.0 Å². The number of methoxy groups -OCH3 is 1. The predicted molar refractivity (Wildman–Crippen MR) is 107 cm³/mol. The number of ether oxygens (including phenoxy) is 1. The zero-order valence-electron chi connectivity index (χ0n) is 15.7. The van der Waals surface area contributed by atoms with Gasteiger partial charge in [-0.05, 0) is 61.9 Å². The molecule has 5 nitrogen and oxygen atoms in total. The Labute approximate surface area is 163 Å². The second-order valence-corrected chi connectivity index (χ2v) is 8.38. The molecular weight excluding hydrogens is 360 g/mol. The molecule has 2 aromatic rings. The van der Waals surface area contributed by atoms with Crippen LogP contribution in [0.25, 0.3) is 0 Å².